The van der Waals surface area contributed by atoms with Crippen molar-refractivity contribution in [1.82, 2.24) is 0 Å². The molecule has 0 aromatic rings. The summed E-state index contributed by atoms with van der Waals surface area (Å²) in [6.07, 6.45) is -0.0982. The monoisotopic (exact) mass is 306 g/mol. The van der Waals surface area contributed by atoms with Crippen LogP contribution in [0.1, 0.15) is 0 Å². The lowest BCUT2D eigenvalue weighted by Crippen LogP contribution is -2.24. The molecule has 0 N–H and O–H groups in total. The molecule has 3 atom stereocenters. The summed E-state index contributed by atoms with van der Waals surface area (Å²) in [6.45, 7) is 0.600. The van der Waals surface area contributed by atoms with Crippen molar-refractivity contribution in [2.75, 3.05) is 17.8 Å². The Morgan fingerprint density at radius 3 is 2.82 bits per heavy atom. The minimum Gasteiger partial charge on any atom is -0.349 e. The number of ether oxygens (including phenoxy) is 2. The summed E-state index contributed by atoms with van der Waals surface area (Å²) < 4.78 is 10.8. The van der Waals surface area contributed by atoms with Crippen LogP contribution in [0, 0.1) is 0 Å². The van der Waals surface area contributed by atoms with Crippen molar-refractivity contribution in [1.29, 1.82) is 0 Å². The summed E-state index contributed by atoms with van der Waals surface area (Å²) in [5.74, 6) is 0.499. The fourth-order valence-electron chi connectivity index (χ4n) is 0.814. The normalized spacial score (nSPS) is 34.1. The minimum absolute atomic E-state index is 0.0563. The quantitative estimate of drug-likeness (QED) is 0.744. The molecule has 3 unspecified atom stereocenters. The van der Waals surface area contributed by atoms with Gasteiger partial charge in [-0.25, -0.2) is 0 Å². The molecule has 0 saturated carbocycles. The van der Waals surface area contributed by atoms with Gasteiger partial charge in [-0.1, -0.05) is 31.9 Å². The highest BCUT2D eigenvalue weighted by Crippen LogP contribution is 2.21. The van der Waals surface area contributed by atoms with Crippen molar-refractivity contribution in [2.45, 2.75) is 17.2 Å². The van der Waals surface area contributed by atoms with Crippen LogP contribution in [-0.4, -0.2) is 35.0 Å². The van der Waals surface area contributed by atoms with Crippen LogP contribution in [0.4, 0.5) is 0 Å². The minimum atomic E-state index is -0.155. The molecule has 0 spiro atoms. The molecular formula is C6H9Br2ClO2. The Balaban J connectivity index is 2.29. The third kappa shape index (κ3) is 2.84. The average Bonchev–Trinajstić information content (AvgIpc) is 2.50. The number of alkyl halides is 3. The van der Waals surface area contributed by atoms with Crippen molar-refractivity contribution in [3.63, 3.8) is 0 Å². The zero-order valence-corrected chi connectivity index (χ0v) is 9.73. The molecule has 5 heteroatoms. The highest BCUT2D eigenvalue weighted by molar-refractivity contribution is 9.12. The van der Waals surface area contributed by atoms with E-state index in [9.17, 15) is 0 Å². The molecule has 1 aliphatic heterocycles. The third-order valence-electron chi connectivity index (χ3n) is 1.39. The van der Waals surface area contributed by atoms with Gasteiger partial charge in [0.15, 0.2) is 6.29 Å². The van der Waals surface area contributed by atoms with E-state index in [0.717, 1.165) is 5.33 Å². The molecule has 1 heterocycles. The van der Waals surface area contributed by atoms with Gasteiger partial charge in [-0.15, -0.1) is 11.6 Å². The molecule has 0 aliphatic carbocycles. The highest BCUT2D eigenvalue weighted by Gasteiger charge is 2.29. The van der Waals surface area contributed by atoms with Crippen molar-refractivity contribution in [3.05, 3.63) is 0 Å². The van der Waals surface area contributed by atoms with E-state index in [-0.39, 0.29) is 17.2 Å². The zero-order valence-electron chi connectivity index (χ0n) is 5.80. The first-order chi connectivity index (χ1) is 5.27. The number of hydrogen-bond acceptors (Lipinski definition) is 2. The molecule has 1 rings (SSSR count). The first kappa shape index (κ1) is 10.3. The zero-order chi connectivity index (χ0) is 8.27. The molecule has 66 valence electrons. The first-order valence-corrected chi connectivity index (χ1v) is 5.88. The maximum absolute atomic E-state index is 5.59. The largest absolute Gasteiger partial charge is 0.349 e. The lowest BCUT2D eigenvalue weighted by atomic mass is 10.4. The fourth-order valence-corrected chi connectivity index (χ4v) is 1.56. The Labute approximate surface area is 87.8 Å². The summed E-state index contributed by atoms with van der Waals surface area (Å²) in [5, 5.41) is 0.812. The molecule has 0 amide bonds. The number of hydrogen-bond donors (Lipinski definition) is 0. The van der Waals surface area contributed by atoms with E-state index in [0.29, 0.717) is 12.5 Å². The van der Waals surface area contributed by atoms with Crippen molar-refractivity contribution in [2.24, 2.45) is 0 Å². The van der Waals surface area contributed by atoms with Crippen LogP contribution in [0.2, 0.25) is 0 Å². The van der Waals surface area contributed by atoms with Crippen LogP contribution in [0.25, 0.3) is 0 Å². The summed E-state index contributed by atoms with van der Waals surface area (Å²) in [5.41, 5.74) is 0. The lowest BCUT2D eigenvalue weighted by Gasteiger charge is -2.13. The predicted octanol–water partition coefficient (Wildman–Crippen LogP) is 2.13. The predicted molar refractivity (Wildman–Crippen MR) is 51.8 cm³/mol. The standard InChI is InChI=1S/C6H9Br2ClO2/c7-1-5(8)6-10-3-4(2-9)11-6/h4-6H,1-3H2. The molecule has 0 aromatic carbocycles. The van der Waals surface area contributed by atoms with Crippen LogP contribution in [0.5, 0.6) is 0 Å². The fraction of sp³-hybridized carbons (Fsp3) is 1.00. The molecule has 2 nitrogen and oxygen atoms in total. The van der Waals surface area contributed by atoms with Crippen LogP contribution < -0.4 is 0 Å². The van der Waals surface area contributed by atoms with Gasteiger partial charge in [0, 0.05) is 5.33 Å². The van der Waals surface area contributed by atoms with E-state index in [1.165, 1.54) is 0 Å². The molecule has 0 aromatic heterocycles. The topological polar surface area (TPSA) is 18.5 Å². The molecule has 1 fully saturated rings. The van der Waals surface area contributed by atoms with E-state index < -0.39 is 0 Å². The summed E-state index contributed by atoms with van der Waals surface area (Å²) in [6, 6.07) is 0. The van der Waals surface area contributed by atoms with Crippen LogP contribution in [-0.2, 0) is 9.47 Å². The molecular weight excluding hydrogens is 299 g/mol. The Morgan fingerprint density at radius 2 is 2.36 bits per heavy atom. The second-order valence-electron chi connectivity index (χ2n) is 2.28. The molecule has 0 bridgehead atoms. The van der Waals surface area contributed by atoms with Gasteiger partial charge in [0.2, 0.25) is 0 Å². The second-order valence-corrected chi connectivity index (χ2v) is 4.42. The van der Waals surface area contributed by atoms with Crippen molar-refractivity contribution in [3.8, 4) is 0 Å². The summed E-state index contributed by atoms with van der Waals surface area (Å²) in [4.78, 5) is 0.204. The summed E-state index contributed by atoms with van der Waals surface area (Å²) >= 11 is 12.3. The SMILES string of the molecule is ClCC1COC(C(Br)CBr)O1. The maximum Gasteiger partial charge on any atom is 0.171 e. The lowest BCUT2D eigenvalue weighted by molar-refractivity contribution is -0.0487. The number of rotatable bonds is 3. The Morgan fingerprint density at radius 1 is 1.64 bits per heavy atom. The third-order valence-corrected chi connectivity index (χ3v) is 4.05. The Hall–Kier alpha value is 1.17. The van der Waals surface area contributed by atoms with Gasteiger partial charge in [-0.05, 0) is 0 Å². The van der Waals surface area contributed by atoms with Gasteiger partial charge in [0.25, 0.3) is 0 Å². The Bertz CT molecular complexity index is 125. The van der Waals surface area contributed by atoms with Crippen LogP contribution in [0.15, 0.2) is 0 Å². The Kier molecular flexibility index (Phi) is 4.68. The van der Waals surface area contributed by atoms with E-state index in [4.69, 9.17) is 21.1 Å². The second kappa shape index (κ2) is 5.02. The van der Waals surface area contributed by atoms with Gasteiger partial charge in [-0.3, -0.25) is 0 Å². The van der Waals surface area contributed by atoms with Crippen LogP contribution >= 0.6 is 43.5 Å². The maximum atomic E-state index is 5.59. The molecule has 11 heavy (non-hydrogen) atoms. The van der Waals surface area contributed by atoms with E-state index >= 15 is 0 Å². The van der Waals surface area contributed by atoms with Crippen molar-refractivity contribution >= 4 is 43.5 Å². The molecule has 0 radical (unpaired) electrons. The van der Waals surface area contributed by atoms with Gasteiger partial charge in [0.05, 0.1) is 23.4 Å². The van der Waals surface area contributed by atoms with Gasteiger partial charge in [-0.2, -0.15) is 0 Å². The first-order valence-electron chi connectivity index (χ1n) is 3.31. The number of halogens is 3. The van der Waals surface area contributed by atoms with E-state index in [1.54, 1.807) is 0 Å². The molecule has 1 saturated heterocycles. The summed E-state index contributed by atoms with van der Waals surface area (Å²) in [7, 11) is 0. The smallest absolute Gasteiger partial charge is 0.171 e. The van der Waals surface area contributed by atoms with Crippen LogP contribution in [0.3, 0.4) is 0 Å². The highest BCUT2D eigenvalue weighted by atomic mass is 79.9. The van der Waals surface area contributed by atoms with E-state index in [2.05, 4.69) is 31.9 Å². The van der Waals surface area contributed by atoms with Crippen molar-refractivity contribution < 1.29 is 9.47 Å². The van der Waals surface area contributed by atoms with E-state index in [1.807, 2.05) is 0 Å². The van der Waals surface area contributed by atoms with Gasteiger partial charge < -0.3 is 9.47 Å². The average molecular weight is 308 g/mol. The molecule has 1 aliphatic rings. The van der Waals surface area contributed by atoms with Gasteiger partial charge >= 0.3 is 0 Å². The van der Waals surface area contributed by atoms with Gasteiger partial charge in [0.1, 0.15) is 0 Å².